The van der Waals surface area contributed by atoms with E-state index in [4.69, 9.17) is 16.3 Å². The Morgan fingerprint density at radius 1 is 1.88 bits per heavy atom. The quantitative estimate of drug-likeness (QED) is 0.491. The molecule has 1 fully saturated rings. The van der Waals surface area contributed by atoms with Gasteiger partial charge in [-0.1, -0.05) is 0 Å². The fourth-order valence-electron chi connectivity index (χ4n) is 0.674. The van der Waals surface area contributed by atoms with E-state index in [9.17, 15) is 4.79 Å². The van der Waals surface area contributed by atoms with Crippen LogP contribution in [0.15, 0.2) is 0 Å². The Balaban J connectivity index is 2.36. The summed E-state index contributed by atoms with van der Waals surface area (Å²) in [5.74, 6) is 0.0224. The number of alkyl halides is 1. The van der Waals surface area contributed by atoms with Gasteiger partial charge in [0.1, 0.15) is 6.10 Å². The van der Waals surface area contributed by atoms with Gasteiger partial charge in [-0.25, -0.2) is 0 Å². The van der Waals surface area contributed by atoms with Crippen molar-refractivity contribution in [3.05, 3.63) is 0 Å². The van der Waals surface area contributed by atoms with Crippen LogP contribution in [0, 0.1) is 0 Å². The van der Waals surface area contributed by atoms with E-state index in [2.05, 4.69) is 0 Å². The van der Waals surface area contributed by atoms with Gasteiger partial charge in [0.2, 0.25) is 0 Å². The van der Waals surface area contributed by atoms with Crippen LogP contribution >= 0.6 is 11.6 Å². The number of Topliss-reactive ketones (excluding diaryl/α,β-unsaturated/α-hetero) is 1. The second kappa shape index (κ2) is 2.03. The Morgan fingerprint density at radius 3 is 2.62 bits per heavy atom. The highest BCUT2D eigenvalue weighted by molar-refractivity contribution is 6.34. The number of ketones is 1. The maximum atomic E-state index is 10.5. The predicted octanol–water partition coefficient (Wildman–Crippen LogP) is 0.582. The molecule has 0 N–H and O–H groups in total. The Kier molecular flexibility index (Phi) is 1.54. The SMILES string of the molecule is CO[C@H]1C[C@@H](Cl)C1=O. The fourth-order valence-corrected chi connectivity index (χ4v) is 0.976. The standard InChI is InChI=1S/C5H7ClO2/c1-8-4-2-3(6)5(4)7/h3-4H,2H2,1H3/t3-,4+/m1/s1. The van der Waals surface area contributed by atoms with Crippen molar-refractivity contribution in [3.8, 4) is 0 Å². The van der Waals surface area contributed by atoms with E-state index in [-0.39, 0.29) is 17.3 Å². The highest BCUT2D eigenvalue weighted by Gasteiger charge is 2.37. The normalized spacial score (nSPS) is 37.0. The van der Waals surface area contributed by atoms with Crippen LogP contribution in [-0.2, 0) is 9.53 Å². The van der Waals surface area contributed by atoms with Crippen LogP contribution in [0.3, 0.4) is 0 Å². The predicted molar refractivity (Wildman–Crippen MR) is 30.1 cm³/mol. The van der Waals surface area contributed by atoms with Crippen LogP contribution in [0.2, 0.25) is 0 Å². The molecule has 2 nitrogen and oxygen atoms in total. The molecule has 3 heteroatoms. The molecule has 8 heavy (non-hydrogen) atoms. The van der Waals surface area contributed by atoms with Gasteiger partial charge in [0.15, 0.2) is 5.78 Å². The largest absolute Gasteiger partial charge is 0.374 e. The minimum atomic E-state index is -0.278. The van der Waals surface area contributed by atoms with Crippen molar-refractivity contribution in [2.75, 3.05) is 7.11 Å². The third-order valence-corrected chi connectivity index (χ3v) is 1.72. The number of ether oxygens (including phenoxy) is 1. The molecule has 1 aliphatic carbocycles. The number of halogens is 1. The molecule has 0 aliphatic heterocycles. The van der Waals surface area contributed by atoms with Crippen LogP contribution in [0.4, 0.5) is 0 Å². The molecule has 1 rings (SSSR count). The van der Waals surface area contributed by atoms with Crippen LogP contribution in [0.1, 0.15) is 6.42 Å². The molecule has 0 spiro atoms. The summed E-state index contributed by atoms with van der Waals surface area (Å²) in [6.45, 7) is 0. The van der Waals surface area contributed by atoms with Crippen LogP contribution < -0.4 is 0 Å². The molecule has 1 saturated carbocycles. The van der Waals surface area contributed by atoms with Gasteiger partial charge in [0, 0.05) is 13.5 Å². The molecule has 0 heterocycles. The zero-order valence-corrected chi connectivity index (χ0v) is 5.31. The monoisotopic (exact) mass is 134 g/mol. The Morgan fingerprint density at radius 2 is 2.50 bits per heavy atom. The lowest BCUT2D eigenvalue weighted by molar-refractivity contribution is -0.136. The average molecular weight is 135 g/mol. The molecule has 2 atom stereocenters. The first-order valence-corrected chi connectivity index (χ1v) is 2.90. The molecule has 0 amide bonds. The zero-order chi connectivity index (χ0) is 6.15. The molecular formula is C5H7ClO2. The van der Waals surface area contributed by atoms with Crippen molar-refractivity contribution in [1.82, 2.24) is 0 Å². The average Bonchev–Trinajstić information content (AvgIpc) is 1.81. The summed E-state index contributed by atoms with van der Waals surface area (Å²) in [7, 11) is 1.52. The second-order valence-electron chi connectivity index (χ2n) is 1.83. The zero-order valence-electron chi connectivity index (χ0n) is 4.56. The number of carbonyl (C=O) groups excluding carboxylic acids is 1. The van der Waals surface area contributed by atoms with Gasteiger partial charge >= 0.3 is 0 Å². The third kappa shape index (κ3) is 0.740. The van der Waals surface area contributed by atoms with Crippen molar-refractivity contribution in [2.24, 2.45) is 0 Å². The summed E-state index contributed by atoms with van der Waals surface area (Å²) in [6, 6.07) is 0. The van der Waals surface area contributed by atoms with E-state index >= 15 is 0 Å². The van der Waals surface area contributed by atoms with E-state index in [1.54, 1.807) is 0 Å². The highest BCUT2D eigenvalue weighted by atomic mass is 35.5. The van der Waals surface area contributed by atoms with Crippen molar-refractivity contribution < 1.29 is 9.53 Å². The first-order chi connectivity index (χ1) is 3.75. The maximum Gasteiger partial charge on any atom is 0.179 e. The number of hydrogen-bond acceptors (Lipinski definition) is 2. The first-order valence-electron chi connectivity index (χ1n) is 2.46. The third-order valence-electron chi connectivity index (χ3n) is 1.33. The molecule has 0 aromatic heterocycles. The van der Waals surface area contributed by atoms with E-state index in [0.717, 1.165) is 0 Å². The maximum absolute atomic E-state index is 10.5. The van der Waals surface area contributed by atoms with Crippen molar-refractivity contribution in [3.63, 3.8) is 0 Å². The molecule has 0 radical (unpaired) electrons. The van der Waals surface area contributed by atoms with Crippen molar-refractivity contribution >= 4 is 17.4 Å². The van der Waals surface area contributed by atoms with Gasteiger partial charge in [0.25, 0.3) is 0 Å². The van der Waals surface area contributed by atoms with Gasteiger partial charge < -0.3 is 4.74 Å². The van der Waals surface area contributed by atoms with E-state index < -0.39 is 0 Å². The molecule has 0 aromatic rings. The summed E-state index contributed by atoms with van der Waals surface area (Å²) >= 11 is 5.44. The minimum Gasteiger partial charge on any atom is -0.374 e. The number of rotatable bonds is 1. The molecule has 0 bridgehead atoms. The fraction of sp³-hybridized carbons (Fsp3) is 0.800. The Labute approximate surface area is 52.8 Å². The molecule has 0 saturated heterocycles. The summed E-state index contributed by atoms with van der Waals surface area (Å²) in [6.07, 6.45) is 0.467. The summed E-state index contributed by atoms with van der Waals surface area (Å²) < 4.78 is 4.73. The van der Waals surface area contributed by atoms with Crippen molar-refractivity contribution in [1.29, 1.82) is 0 Å². The molecular weight excluding hydrogens is 128 g/mol. The van der Waals surface area contributed by atoms with Crippen LogP contribution in [0.5, 0.6) is 0 Å². The molecule has 46 valence electrons. The summed E-state index contributed by atoms with van der Waals surface area (Å²) in [4.78, 5) is 10.5. The van der Waals surface area contributed by atoms with Gasteiger partial charge in [-0.2, -0.15) is 0 Å². The molecule has 0 aromatic carbocycles. The molecule has 0 unspecified atom stereocenters. The van der Waals surface area contributed by atoms with Gasteiger partial charge in [-0.3, -0.25) is 4.79 Å². The number of hydrogen-bond donors (Lipinski definition) is 0. The van der Waals surface area contributed by atoms with E-state index in [0.29, 0.717) is 6.42 Å². The van der Waals surface area contributed by atoms with Gasteiger partial charge in [-0.15, -0.1) is 11.6 Å². The topological polar surface area (TPSA) is 26.3 Å². The minimum absolute atomic E-state index is 0.0224. The Hall–Kier alpha value is -0.0800. The van der Waals surface area contributed by atoms with Gasteiger partial charge in [0.05, 0.1) is 5.38 Å². The van der Waals surface area contributed by atoms with Crippen molar-refractivity contribution in [2.45, 2.75) is 17.9 Å². The molecule has 1 aliphatic rings. The summed E-state index contributed by atoms with van der Waals surface area (Å²) in [5, 5.41) is -0.278. The highest BCUT2D eigenvalue weighted by Crippen LogP contribution is 2.23. The van der Waals surface area contributed by atoms with E-state index in [1.807, 2.05) is 0 Å². The smallest absolute Gasteiger partial charge is 0.179 e. The van der Waals surface area contributed by atoms with Gasteiger partial charge in [-0.05, 0) is 0 Å². The lowest BCUT2D eigenvalue weighted by Gasteiger charge is -2.26. The second-order valence-corrected chi connectivity index (χ2v) is 2.36. The number of methoxy groups -OCH3 is 1. The van der Waals surface area contributed by atoms with E-state index in [1.165, 1.54) is 7.11 Å². The van der Waals surface area contributed by atoms with Crippen LogP contribution in [0.25, 0.3) is 0 Å². The first kappa shape index (κ1) is 6.05. The Bertz CT molecular complexity index is 113. The van der Waals surface area contributed by atoms with Crippen LogP contribution in [-0.4, -0.2) is 24.4 Å². The lowest BCUT2D eigenvalue weighted by atomic mass is 9.94. The summed E-state index contributed by atoms with van der Waals surface area (Å²) in [5.41, 5.74) is 0. The number of carbonyl (C=O) groups is 1. The lowest BCUT2D eigenvalue weighted by Crippen LogP contribution is -2.44.